The molecule has 2 fully saturated rings. The van der Waals surface area contributed by atoms with Crippen LogP contribution in [0.3, 0.4) is 0 Å². The van der Waals surface area contributed by atoms with Gasteiger partial charge in [-0.25, -0.2) is 4.79 Å². The highest BCUT2D eigenvalue weighted by Gasteiger charge is 2.37. The number of hydrogen-bond acceptors (Lipinski definition) is 3. The van der Waals surface area contributed by atoms with E-state index in [1.807, 2.05) is 41.3 Å². The Morgan fingerprint density at radius 2 is 2.08 bits per heavy atom. The molecule has 0 aliphatic carbocycles. The number of amides is 2. The first-order valence-electron chi connectivity index (χ1n) is 9.16. The second-order valence-electron chi connectivity index (χ2n) is 7.13. The van der Waals surface area contributed by atoms with Crippen molar-refractivity contribution in [2.45, 2.75) is 38.3 Å². The van der Waals surface area contributed by atoms with Crippen LogP contribution in [-0.4, -0.2) is 47.5 Å². The fourth-order valence-corrected chi connectivity index (χ4v) is 3.89. The van der Waals surface area contributed by atoms with Gasteiger partial charge in [0.2, 0.25) is 0 Å². The van der Waals surface area contributed by atoms with Gasteiger partial charge < -0.3 is 14.6 Å². The van der Waals surface area contributed by atoms with Crippen LogP contribution in [0.5, 0.6) is 0 Å². The number of hydrogen-bond donors (Lipinski definition) is 1. The van der Waals surface area contributed by atoms with Gasteiger partial charge in [0.1, 0.15) is 5.76 Å². The van der Waals surface area contributed by atoms with Crippen LogP contribution in [0.4, 0.5) is 10.5 Å². The number of benzene rings is 1. The topological polar surface area (TPSA) is 48.7 Å². The molecule has 0 spiro atoms. The van der Waals surface area contributed by atoms with Gasteiger partial charge in [0.15, 0.2) is 0 Å². The summed E-state index contributed by atoms with van der Waals surface area (Å²) in [5.74, 6) is 0.805. The Balaban J connectivity index is 1.34. The van der Waals surface area contributed by atoms with Gasteiger partial charge in [-0.3, -0.25) is 4.90 Å². The van der Waals surface area contributed by atoms with E-state index in [-0.39, 0.29) is 6.03 Å². The van der Waals surface area contributed by atoms with E-state index in [2.05, 4.69) is 17.1 Å². The van der Waals surface area contributed by atoms with Crippen LogP contribution in [0.1, 0.15) is 26.2 Å². The van der Waals surface area contributed by atoms with Crippen LogP contribution >= 0.6 is 0 Å². The van der Waals surface area contributed by atoms with Crippen LogP contribution in [0.25, 0.3) is 11.3 Å². The maximum absolute atomic E-state index is 12.5. The first-order chi connectivity index (χ1) is 12.2. The maximum Gasteiger partial charge on any atom is 0.321 e. The molecule has 1 unspecified atom stereocenters. The van der Waals surface area contributed by atoms with Crippen molar-refractivity contribution in [2.24, 2.45) is 0 Å². The molecule has 0 radical (unpaired) electrons. The molecule has 2 aliphatic heterocycles. The second-order valence-corrected chi connectivity index (χ2v) is 7.13. The molecular formula is C20H25N3O2. The van der Waals surface area contributed by atoms with E-state index >= 15 is 0 Å². The van der Waals surface area contributed by atoms with Crippen molar-refractivity contribution >= 4 is 11.7 Å². The number of anilines is 1. The lowest BCUT2D eigenvalue weighted by Crippen LogP contribution is -2.64. The molecule has 0 bridgehead atoms. The lowest BCUT2D eigenvalue weighted by molar-refractivity contribution is 0.0199. The Morgan fingerprint density at radius 1 is 1.20 bits per heavy atom. The van der Waals surface area contributed by atoms with E-state index in [1.54, 1.807) is 6.26 Å². The molecule has 5 heteroatoms. The minimum atomic E-state index is -0.0162. The Hall–Kier alpha value is -2.27. The van der Waals surface area contributed by atoms with Crippen LogP contribution < -0.4 is 5.32 Å². The lowest BCUT2D eigenvalue weighted by atomic mass is 9.98. The number of nitrogens with zero attached hydrogens (tertiary/aromatic N) is 2. The van der Waals surface area contributed by atoms with Gasteiger partial charge in [-0.1, -0.05) is 18.6 Å². The third-order valence-electron chi connectivity index (χ3n) is 5.39. The average Bonchev–Trinajstić information content (AvgIpc) is 3.10. The Labute approximate surface area is 148 Å². The van der Waals surface area contributed by atoms with Gasteiger partial charge in [0, 0.05) is 36.4 Å². The number of urea groups is 1. The lowest BCUT2D eigenvalue weighted by Gasteiger charge is -2.49. The van der Waals surface area contributed by atoms with Crippen LogP contribution in [0, 0.1) is 0 Å². The van der Waals surface area contributed by atoms with E-state index in [4.69, 9.17) is 4.42 Å². The third-order valence-corrected chi connectivity index (χ3v) is 5.39. The molecule has 2 saturated heterocycles. The van der Waals surface area contributed by atoms with Crippen molar-refractivity contribution in [3.8, 4) is 11.3 Å². The van der Waals surface area contributed by atoms with Crippen molar-refractivity contribution in [3.05, 3.63) is 42.7 Å². The zero-order valence-electron chi connectivity index (χ0n) is 14.6. The molecule has 1 aromatic heterocycles. The minimum absolute atomic E-state index is 0.0162. The van der Waals surface area contributed by atoms with E-state index in [0.717, 1.165) is 30.1 Å². The first-order valence-corrected chi connectivity index (χ1v) is 9.16. The molecule has 2 amide bonds. The number of likely N-dealkylation sites (tertiary alicyclic amines) is 2. The van der Waals surface area contributed by atoms with Gasteiger partial charge in [0.25, 0.3) is 0 Å². The molecule has 2 aliphatic rings. The van der Waals surface area contributed by atoms with E-state index in [0.29, 0.717) is 12.1 Å². The van der Waals surface area contributed by atoms with Crippen molar-refractivity contribution in [2.75, 3.05) is 25.0 Å². The summed E-state index contributed by atoms with van der Waals surface area (Å²) in [5.41, 5.74) is 1.76. The van der Waals surface area contributed by atoms with E-state index < -0.39 is 0 Å². The van der Waals surface area contributed by atoms with Crippen molar-refractivity contribution in [1.82, 2.24) is 9.80 Å². The van der Waals surface area contributed by atoms with Gasteiger partial charge in [-0.05, 0) is 50.6 Å². The number of nitrogens with one attached hydrogen (secondary N) is 1. The van der Waals surface area contributed by atoms with Crippen molar-refractivity contribution in [3.63, 3.8) is 0 Å². The van der Waals surface area contributed by atoms with Gasteiger partial charge in [-0.2, -0.15) is 0 Å². The molecule has 4 rings (SSSR count). The van der Waals surface area contributed by atoms with Crippen molar-refractivity contribution < 1.29 is 9.21 Å². The molecule has 5 nitrogen and oxygen atoms in total. The standard InChI is InChI=1S/C20H25N3O2/c1-15-6-2-3-10-23(15)18-13-22(14-18)20(24)21-17-8-4-7-16(12-17)19-9-5-11-25-19/h4-5,7-9,11-12,15,18H,2-3,6,10,13-14H2,1H3,(H,21,24). The smallest absolute Gasteiger partial charge is 0.321 e. The summed E-state index contributed by atoms with van der Waals surface area (Å²) in [6.07, 6.45) is 5.55. The summed E-state index contributed by atoms with van der Waals surface area (Å²) in [5, 5.41) is 3.01. The summed E-state index contributed by atoms with van der Waals surface area (Å²) < 4.78 is 5.42. The maximum atomic E-state index is 12.5. The molecule has 0 saturated carbocycles. The van der Waals surface area contributed by atoms with Gasteiger partial charge >= 0.3 is 6.03 Å². The number of carbonyl (C=O) groups is 1. The van der Waals surface area contributed by atoms with Gasteiger partial charge in [-0.15, -0.1) is 0 Å². The van der Waals surface area contributed by atoms with E-state index in [9.17, 15) is 4.79 Å². The summed E-state index contributed by atoms with van der Waals surface area (Å²) >= 11 is 0. The minimum Gasteiger partial charge on any atom is -0.464 e. The molecule has 1 aromatic carbocycles. The third kappa shape index (κ3) is 3.42. The highest BCUT2D eigenvalue weighted by atomic mass is 16.3. The average molecular weight is 339 g/mol. The molecule has 132 valence electrons. The van der Waals surface area contributed by atoms with E-state index in [1.165, 1.54) is 25.8 Å². The monoisotopic (exact) mass is 339 g/mol. The highest BCUT2D eigenvalue weighted by Crippen LogP contribution is 2.26. The summed E-state index contributed by atoms with van der Waals surface area (Å²) in [6, 6.07) is 12.7. The largest absolute Gasteiger partial charge is 0.464 e. The molecule has 1 atom stereocenters. The normalized spacial score (nSPS) is 21.8. The molecule has 2 aromatic rings. The molecule has 3 heterocycles. The second kappa shape index (κ2) is 6.92. The molecular weight excluding hydrogens is 314 g/mol. The number of furan rings is 1. The Kier molecular flexibility index (Phi) is 4.49. The summed E-state index contributed by atoms with van der Waals surface area (Å²) in [6.45, 7) is 5.14. The zero-order valence-corrected chi connectivity index (χ0v) is 14.6. The fraction of sp³-hybridized carbons (Fsp3) is 0.450. The summed E-state index contributed by atoms with van der Waals surface area (Å²) in [4.78, 5) is 16.9. The molecule has 25 heavy (non-hydrogen) atoms. The summed E-state index contributed by atoms with van der Waals surface area (Å²) in [7, 11) is 0. The molecule has 1 N–H and O–H groups in total. The Morgan fingerprint density at radius 3 is 2.84 bits per heavy atom. The van der Waals surface area contributed by atoms with Crippen LogP contribution in [-0.2, 0) is 0 Å². The zero-order chi connectivity index (χ0) is 17.2. The van der Waals surface area contributed by atoms with Gasteiger partial charge in [0.05, 0.1) is 6.26 Å². The number of carbonyl (C=O) groups excluding carboxylic acids is 1. The predicted molar refractivity (Wildman–Crippen MR) is 98.5 cm³/mol. The Bertz CT molecular complexity index is 722. The van der Waals surface area contributed by atoms with Crippen LogP contribution in [0.15, 0.2) is 47.1 Å². The SMILES string of the molecule is CC1CCCCN1C1CN(C(=O)Nc2cccc(-c3ccco3)c2)C1. The number of rotatable bonds is 3. The first kappa shape index (κ1) is 16.2. The predicted octanol–water partition coefficient (Wildman–Crippen LogP) is 4.04. The number of piperidine rings is 1. The fourth-order valence-electron chi connectivity index (χ4n) is 3.89. The van der Waals surface area contributed by atoms with Crippen molar-refractivity contribution in [1.29, 1.82) is 0 Å². The van der Waals surface area contributed by atoms with Crippen LogP contribution in [0.2, 0.25) is 0 Å². The quantitative estimate of drug-likeness (QED) is 0.918. The highest BCUT2D eigenvalue weighted by molar-refractivity contribution is 5.90.